The van der Waals surface area contributed by atoms with E-state index in [2.05, 4.69) is 11.1 Å². The first-order valence-corrected chi connectivity index (χ1v) is 10.6. The number of hydrogen-bond donors (Lipinski definition) is 0. The molecule has 0 atom stereocenters. The van der Waals surface area contributed by atoms with Crippen LogP contribution in [0, 0.1) is 11.3 Å². The SMILES string of the molecule is COc1cc(/C=C(\C#N)c2nc3ccccc3s2)ccc1OCC(=O)N1CCOCC1. The number of rotatable bonds is 6. The van der Waals surface area contributed by atoms with Crippen LogP contribution >= 0.6 is 11.3 Å². The van der Waals surface area contributed by atoms with Gasteiger partial charge >= 0.3 is 0 Å². The molecule has 1 aromatic heterocycles. The summed E-state index contributed by atoms with van der Waals surface area (Å²) in [5, 5.41) is 10.3. The highest BCUT2D eigenvalue weighted by atomic mass is 32.1. The fraction of sp³-hybridized carbons (Fsp3) is 0.261. The molecule has 158 valence electrons. The van der Waals surface area contributed by atoms with Crippen LogP contribution in [0.4, 0.5) is 0 Å². The predicted molar refractivity (Wildman–Crippen MR) is 119 cm³/mol. The first-order chi connectivity index (χ1) is 15.2. The van der Waals surface area contributed by atoms with Crippen LogP contribution < -0.4 is 9.47 Å². The van der Waals surface area contributed by atoms with Crippen molar-refractivity contribution in [1.29, 1.82) is 5.26 Å². The Kier molecular flexibility index (Phi) is 6.46. The Bertz CT molecular complexity index is 1130. The van der Waals surface area contributed by atoms with Crippen molar-refractivity contribution in [3.05, 3.63) is 53.0 Å². The van der Waals surface area contributed by atoms with E-state index in [9.17, 15) is 10.1 Å². The molecule has 2 heterocycles. The van der Waals surface area contributed by atoms with Crippen molar-refractivity contribution in [1.82, 2.24) is 9.88 Å². The number of morpholine rings is 1. The van der Waals surface area contributed by atoms with Crippen LogP contribution in [0.25, 0.3) is 21.9 Å². The minimum absolute atomic E-state index is 0.0688. The first-order valence-electron chi connectivity index (χ1n) is 9.82. The topological polar surface area (TPSA) is 84.7 Å². The Morgan fingerprint density at radius 2 is 2.06 bits per heavy atom. The summed E-state index contributed by atoms with van der Waals surface area (Å²) in [6.45, 7) is 2.18. The van der Waals surface area contributed by atoms with Gasteiger partial charge in [0.05, 0.1) is 36.1 Å². The number of thiazole rings is 1. The average Bonchev–Trinajstić information content (AvgIpc) is 3.26. The van der Waals surface area contributed by atoms with Crippen LogP contribution in [0.2, 0.25) is 0 Å². The summed E-state index contributed by atoms with van der Waals surface area (Å²) in [5.41, 5.74) is 2.12. The van der Waals surface area contributed by atoms with Crippen LogP contribution in [0.15, 0.2) is 42.5 Å². The highest BCUT2D eigenvalue weighted by Crippen LogP contribution is 2.31. The van der Waals surface area contributed by atoms with Gasteiger partial charge in [-0.15, -0.1) is 11.3 Å². The van der Waals surface area contributed by atoms with Crippen LogP contribution in [0.5, 0.6) is 11.5 Å². The molecule has 2 aromatic carbocycles. The summed E-state index contributed by atoms with van der Waals surface area (Å²) < 4.78 is 17.4. The van der Waals surface area contributed by atoms with Crippen LogP contribution in [-0.2, 0) is 9.53 Å². The number of amides is 1. The molecule has 4 rings (SSSR count). The Balaban J connectivity index is 1.51. The average molecular weight is 436 g/mol. The molecule has 0 spiro atoms. The molecule has 3 aromatic rings. The highest BCUT2D eigenvalue weighted by molar-refractivity contribution is 7.19. The van der Waals surface area contributed by atoms with Crippen molar-refractivity contribution in [3.8, 4) is 17.6 Å². The zero-order valence-electron chi connectivity index (χ0n) is 17.0. The normalized spacial score (nSPS) is 14.3. The summed E-state index contributed by atoms with van der Waals surface area (Å²) in [5.74, 6) is 0.877. The number of fused-ring (bicyclic) bond motifs is 1. The Morgan fingerprint density at radius 1 is 1.26 bits per heavy atom. The number of nitrogens with zero attached hydrogens (tertiary/aromatic N) is 3. The molecular weight excluding hydrogens is 414 g/mol. The van der Waals surface area contributed by atoms with E-state index in [1.165, 1.54) is 18.4 Å². The molecule has 1 aliphatic rings. The van der Waals surface area contributed by atoms with E-state index >= 15 is 0 Å². The summed E-state index contributed by atoms with van der Waals surface area (Å²) in [6.07, 6.45) is 1.77. The van der Waals surface area contributed by atoms with Gasteiger partial charge < -0.3 is 19.1 Å². The zero-order valence-corrected chi connectivity index (χ0v) is 17.9. The van der Waals surface area contributed by atoms with Crippen molar-refractivity contribution < 1.29 is 19.0 Å². The third-order valence-corrected chi connectivity index (χ3v) is 5.93. The number of carbonyl (C=O) groups is 1. The molecule has 1 amide bonds. The molecule has 1 saturated heterocycles. The zero-order chi connectivity index (χ0) is 21.6. The quantitative estimate of drug-likeness (QED) is 0.550. The maximum Gasteiger partial charge on any atom is 0.260 e. The molecule has 1 aliphatic heterocycles. The molecule has 8 heteroatoms. The maximum atomic E-state index is 12.3. The van der Waals surface area contributed by atoms with E-state index in [1.54, 1.807) is 23.1 Å². The smallest absolute Gasteiger partial charge is 0.260 e. The van der Waals surface area contributed by atoms with Gasteiger partial charge in [-0.05, 0) is 35.9 Å². The Labute approximate surface area is 184 Å². The van der Waals surface area contributed by atoms with Crippen molar-refractivity contribution in [2.24, 2.45) is 0 Å². The number of aromatic nitrogens is 1. The second kappa shape index (κ2) is 9.60. The number of nitriles is 1. The van der Waals surface area contributed by atoms with E-state index in [-0.39, 0.29) is 12.5 Å². The van der Waals surface area contributed by atoms with Crippen molar-refractivity contribution >= 4 is 39.1 Å². The molecule has 0 aliphatic carbocycles. The first kappa shape index (κ1) is 20.8. The molecular formula is C23H21N3O4S. The monoisotopic (exact) mass is 435 g/mol. The summed E-state index contributed by atoms with van der Waals surface area (Å²) >= 11 is 1.48. The third kappa shape index (κ3) is 4.85. The molecule has 7 nitrogen and oxygen atoms in total. The number of benzene rings is 2. The molecule has 0 saturated carbocycles. The van der Waals surface area contributed by atoms with Gasteiger partial charge in [0, 0.05) is 13.1 Å². The van der Waals surface area contributed by atoms with Crippen molar-refractivity contribution in [3.63, 3.8) is 0 Å². The molecule has 0 N–H and O–H groups in total. The molecule has 31 heavy (non-hydrogen) atoms. The lowest BCUT2D eigenvalue weighted by Crippen LogP contribution is -2.43. The lowest BCUT2D eigenvalue weighted by Gasteiger charge is -2.26. The van der Waals surface area contributed by atoms with Gasteiger partial charge in [0.1, 0.15) is 11.1 Å². The number of para-hydroxylation sites is 1. The van der Waals surface area contributed by atoms with E-state index < -0.39 is 0 Å². The van der Waals surface area contributed by atoms with Gasteiger partial charge in [0.2, 0.25) is 0 Å². The van der Waals surface area contributed by atoms with Gasteiger partial charge in [-0.3, -0.25) is 4.79 Å². The summed E-state index contributed by atoms with van der Waals surface area (Å²) in [6, 6.07) is 15.4. The van der Waals surface area contributed by atoms with Gasteiger partial charge in [-0.25, -0.2) is 4.98 Å². The van der Waals surface area contributed by atoms with E-state index in [1.807, 2.05) is 30.3 Å². The summed E-state index contributed by atoms with van der Waals surface area (Å²) in [7, 11) is 1.54. The highest BCUT2D eigenvalue weighted by Gasteiger charge is 2.18. The number of carbonyl (C=O) groups excluding carboxylic acids is 1. The maximum absolute atomic E-state index is 12.3. The molecule has 0 radical (unpaired) electrons. The lowest BCUT2D eigenvalue weighted by molar-refractivity contribution is -0.137. The Morgan fingerprint density at radius 3 is 2.81 bits per heavy atom. The van der Waals surface area contributed by atoms with Crippen molar-refractivity contribution in [2.45, 2.75) is 0 Å². The van der Waals surface area contributed by atoms with Crippen LogP contribution in [0.1, 0.15) is 10.6 Å². The number of methoxy groups -OCH3 is 1. The van der Waals surface area contributed by atoms with E-state index in [4.69, 9.17) is 14.2 Å². The number of ether oxygens (including phenoxy) is 3. The minimum Gasteiger partial charge on any atom is -0.493 e. The van der Waals surface area contributed by atoms with Gasteiger partial charge in [-0.1, -0.05) is 18.2 Å². The fourth-order valence-corrected chi connectivity index (χ4v) is 4.16. The molecule has 0 unspecified atom stereocenters. The predicted octanol–water partition coefficient (Wildman–Crippen LogP) is 3.61. The minimum atomic E-state index is -0.0862. The van der Waals surface area contributed by atoms with Gasteiger partial charge in [0.15, 0.2) is 18.1 Å². The largest absolute Gasteiger partial charge is 0.493 e. The van der Waals surface area contributed by atoms with Crippen LogP contribution in [0.3, 0.4) is 0 Å². The Hall–Kier alpha value is -3.41. The van der Waals surface area contributed by atoms with E-state index in [0.717, 1.165) is 15.8 Å². The van der Waals surface area contributed by atoms with Gasteiger partial charge in [0.25, 0.3) is 5.91 Å². The lowest BCUT2D eigenvalue weighted by atomic mass is 10.1. The van der Waals surface area contributed by atoms with E-state index in [0.29, 0.717) is 48.4 Å². The number of allylic oxidation sites excluding steroid dienone is 1. The number of hydrogen-bond acceptors (Lipinski definition) is 7. The molecule has 1 fully saturated rings. The molecule has 0 bridgehead atoms. The second-order valence-electron chi connectivity index (χ2n) is 6.85. The second-order valence-corrected chi connectivity index (χ2v) is 7.88. The fourth-order valence-electron chi connectivity index (χ4n) is 3.23. The van der Waals surface area contributed by atoms with Crippen LogP contribution in [-0.4, -0.2) is 55.8 Å². The third-order valence-electron chi connectivity index (χ3n) is 4.86. The van der Waals surface area contributed by atoms with Crippen molar-refractivity contribution in [2.75, 3.05) is 40.0 Å². The standard InChI is InChI=1S/C23H21N3O4S/c1-28-20-13-16(6-7-19(20)30-15-22(27)26-8-10-29-11-9-26)12-17(14-24)23-25-18-4-2-3-5-21(18)31-23/h2-7,12-13H,8-11,15H2,1H3/b17-12+. The summed E-state index contributed by atoms with van der Waals surface area (Å²) in [4.78, 5) is 18.6. The van der Waals surface area contributed by atoms with Gasteiger partial charge in [-0.2, -0.15) is 5.26 Å².